The molecule has 1 aromatic rings. The molecular formula is C11H18N2O4S. The molecule has 1 rings (SSSR count). The van der Waals surface area contributed by atoms with Gasteiger partial charge in [-0.1, -0.05) is 0 Å². The Morgan fingerprint density at radius 1 is 1.33 bits per heavy atom. The minimum Gasteiger partial charge on any atom is -0.497 e. The van der Waals surface area contributed by atoms with E-state index >= 15 is 0 Å². The SMILES string of the molecule is COCCCS(=O)(=O)Nc1ccc(OC)cc1N. The van der Waals surface area contributed by atoms with Crippen molar-refractivity contribution >= 4 is 21.4 Å². The van der Waals surface area contributed by atoms with E-state index in [0.717, 1.165) is 0 Å². The number of hydrogen-bond donors (Lipinski definition) is 2. The van der Waals surface area contributed by atoms with E-state index in [1.165, 1.54) is 14.2 Å². The Bertz CT molecular complexity index is 488. The van der Waals surface area contributed by atoms with Gasteiger partial charge in [0.25, 0.3) is 0 Å². The lowest BCUT2D eigenvalue weighted by Gasteiger charge is -2.11. The van der Waals surface area contributed by atoms with Crippen LogP contribution in [0.4, 0.5) is 11.4 Å². The Morgan fingerprint density at radius 3 is 2.61 bits per heavy atom. The third kappa shape index (κ3) is 4.42. The zero-order valence-corrected chi connectivity index (χ0v) is 11.3. The van der Waals surface area contributed by atoms with E-state index in [-0.39, 0.29) is 5.75 Å². The first-order valence-corrected chi connectivity index (χ1v) is 7.06. The van der Waals surface area contributed by atoms with Crippen molar-refractivity contribution in [3.05, 3.63) is 18.2 Å². The highest BCUT2D eigenvalue weighted by Crippen LogP contribution is 2.24. The first-order chi connectivity index (χ1) is 8.48. The molecule has 1 aromatic carbocycles. The van der Waals surface area contributed by atoms with Crippen molar-refractivity contribution in [1.82, 2.24) is 0 Å². The number of hydrogen-bond acceptors (Lipinski definition) is 5. The van der Waals surface area contributed by atoms with Crippen molar-refractivity contribution in [2.75, 3.05) is 37.0 Å². The van der Waals surface area contributed by atoms with Crippen LogP contribution >= 0.6 is 0 Å². The van der Waals surface area contributed by atoms with Crippen LogP contribution in [0.3, 0.4) is 0 Å². The number of rotatable bonds is 7. The maximum absolute atomic E-state index is 11.7. The average molecular weight is 274 g/mol. The molecule has 6 nitrogen and oxygen atoms in total. The molecule has 7 heteroatoms. The molecule has 0 amide bonds. The predicted molar refractivity (Wildman–Crippen MR) is 71.3 cm³/mol. The van der Waals surface area contributed by atoms with Crippen molar-refractivity contribution in [2.45, 2.75) is 6.42 Å². The van der Waals surface area contributed by atoms with Gasteiger partial charge in [-0.2, -0.15) is 0 Å². The minimum absolute atomic E-state index is 0.00763. The molecule has 0 aliphatic carbocycles. The minimum atomic E-state index is -3.40. The summed E-state index contributed by atoms with van der Waals surface area (Å²) in [6.45, 7) is 0.402. The van der Waals surface area contributed by atoms with Crippen LogP contribution in [0, 0.1) is 0 Å². The molecule has 0 aromatic heterocycles. The second-order valence-electron chi connectivity index (χ2n) is 3.72. The van der Waals surface area contributed by atoms with Crippen LogP contribution in [0.15, 0.2) is 18.2 Å². The molecule has 18 heavy (non-hydrogen) atoms. The number of nitrogens with one attached hydrogen (secondary N) is 1. The van der Waals surface area contributed by atoms with Crippen LogP contribution in [0.2, 0.25) is 0 Å². The standard InChI is InChI=1S/C11H18N2O4S/c1-16-6-3-7-18(14,15)13-11-5-4-9(17-2)8-10(11)12/h4-5,8,13H,3,6-7,12H2,1-2H3. The van der Waals surface area contributed by atoms with E-state index in [2.05, 4.69) is 4.72 Å². The maximum Gasteiger partial charge on any atom is 0.232 e. The van der Waals surface area contributed by atoms with Crippen LogP contribution in [-0.2, 0) is 14.8 Å². The van der Waals surface area contributed by atoms with E-state index in [9.17, 15) is 8.42 Å². The van der Waals surface area contributed by atoms with Gasteiger partial charge in [-0.3, -0.25) is 4.72 Å². The number of benzene rings is 1. The van der Waals surface area contributed by atoms with Gasteiger partial charge in [0, 0.05) is 19.8 Å². The number of nitrogen functional groups attached to an aromatic ring is 1. The summed E-state index contributed by atoms with van der Waals surface area (Å²) >= 11 is 0. The Morgan fingerprint density at radius 2 is 2.06 bits per heavy atom. The van der Waals surface area contributed by atoms with Gasteiger partial charge < -0.3 is 15.2 Å². The quantitative estimate of drug-likeness (QED) is 0.573. The zero-order valence-electron chi connectivity index (χ0n) is 10.5. The molecule has 0 aliphatic rings. The molecular weight excluding hydrogens is 256 g/mol. The Kier molecular flexibility index (Phi) is 5.24. The van der Waals surface area contributed by atoms with Crippen molar-refractivity contribution in [1.29, 1.82) is 0 Å². The Hall–Kier alpha value is -1.47. The molecule has 0 bridgehead atoms. The van der Waals surface area contributed by atoms with Crippen LogP contribution in [0.5, 0.6) is 5.75 Å². The molecule has 0 saturated heterocycles. The number of anilines is 2. The van der Waals surface area contributed by atoms with E-state index in [0.29, 0.717) is 30.2 Å². The number of methoxy groups -OCH3 is 2. The lowest BCUT2D eigenvalue weighted by atomic mass is 10.2. The monoisotopic (exact) mass is 274 g/mol. The van der Waals surface area contributed by atoms with E-state index in [4.69, 9.17) is 15.2 Å². The maximum atomic E-state index is 11.7. The Labute approximate surface area is 107 Å². The largest absolute Gasteiger partial charge is 0.497 e. The number of nitrogens with two attached hydrogens (primary N) is 1. The lowest BCUT2D eigenvalue weighted by Crippen LogP contribution is -2.18. The van der Waals surface area contributed by atoms with Crippen molar-refractivity contribution in [3.63, 3.8) is 0 Å². The van der Waals surface area contributed by atoms with Gasteiger partial charge in [0.05, 0.1) is 24.2 Å². The molecule has 3 N–H and O–H groups in total. The number of sulfonamides is 1. The van der Waals surface area contributed by atoms with Gasteiger partial charge in [0.1, 0.15) is 5.75 Å². The molecule has 0 fully saturated rings. The highest BCUT2D eigenvalue weighted by Gasteiger charge is 2.12. The fraction of sp³-hybridized carbons (Fsp3) is 0.455. The molecule has 0 saturated carbocycles. The first kappa shape index (κ1) is 14.6. The second-order valence-corrected chi connectivity index (χ2v) is 5.56. The Balaban J connectivity index is 2.72. The van der Waals surface area contributed by atoms with Gasteiger partial charge in [0.2, 0.25) is 10.0 Å². The summed E-state index contributed by atoms with van der Waals surface area (Å²) in [5.41, 5.74) is 6.41. The third-order valence-corrected chi connectivity index (χ3v) is 3.64. The topological polar surface area (TPSA) is 90.7 Å². The van der Waals surface area contributed by atoms with Crippen LogP contribution < -0.4 is 15.2 Å². The average Bonchev–Trinajstić information content (AvgIpc) is 2.31. The fourth-order valence-corrected chi connectivity index (χ4v) is 2.49. The van der Waals surface area contributed by atoms with E-state index in [1.54, 1.807) is 18.2 Å². The predicted octanol–water partition coefficient (Wildman–Crippen LogP) is 1.06. The normalized spacial score (nSPS) is 11.2. The summed E-state index contributed by atoms with van der Waals surface area (Å²) < 4.78 is 35.7. The van der Waals surface area contributed by atoms with Crippen molar-refractivity contribution in [2.24, 2.45) is 0 Å². The second kappa shape index (κ2) is 6.46. The molecule has 0 heterocycles. The van der Waals surface area contributed by atoms with Gasteiger partial charge in [-0.05, 0) is 18.6 Å². The van der Waals surface area contributed by atoms with Crippen LogP contribution in [0.1, 0.15) is 6.42 Å². The molecule has 0 atom stereocenters. The summed E-state index contributed by atoms with van der Waals surface area (Å²) in [7, 11) is -0.353. The molecule has 0 radical (unpaired) electrons. The highest BCUT2D eigenvalue weighted by molar-refractivity contribution is 7.92. The van der Waals surface area contributed by atoms with E-state index < -0.39 is 10.0 Å². The highest BCUT2D eigenvalue weighted by atomic mass is 32.2. The van der Waals surface area contributed by atoms with E-state index in [1.807, 2.05) is 0 Å². The molecule has 0 aliphatic heterocycles. The smallest absolute Gasteiger partial charge is 0.232 e. The summed E-state index contributed by atoms with van der Waals surface area (Å²) in [4.78, 5) is 0. The zero-order chi connectivity index (χ0) is 13.6. The summed E-state index contributed by atoms with van der Waals surface area (Å²) in [5, 5.41) is 0. The summed E-state index contributed by atoms with van der Waals surface area (Å²) in [6.07, 6.45) is 0.432. The van der Waals surface area contributed by atoms with Crippen LogP contribution in [-0.4, -0.2) is 35.0 Å². The molecule has 102 valence electrons. The van der Waals surface area contributed by atoms with Gasteiger partial charge in [0.15, 0.2) is 0 Å². The lowest BCUT2D eigenvalue weighted by molar-refractivity contribution is 0.199. The molecule has 0 unspecified atom stereocenters. The van der Waals surface area contributed by atoms with Crippen molar-refractivity contribution in [3.8, 4) is 5.75 Å². The third-order valence-electron chi connectivity index (χ3n) is 2.29. The first-order valence-electron chi connectivity index (χ1n) is 5.41. The fourth-order valence-electron chi connectivity index (χ4n) is 1.37. The summed E-state index contributed by atoms with van der Waals surface area (Å²) in [5.74, 6) is 0.571. The molecule has 0 spiro atoms. The van der Waals surface area contributed by atoms with Crippen LogP contribution in [0.25, 0.3) is 0 Å². The van der Waals surface area contributed by atoms with Gasteiger partial charge >= 0.3 is 0 Å². The summed E-state index contributed by atoms with van der Waals surface area (Å²) in [6, 6.07) is 4.78. The van der Waals surface area contributed by atoms with Gasteiger partial charge in [-0.15, -0.1) is 0 Å². The van der Waals surface area contributed by atoms with Gasteiger partial charge in [-0.25, -0.2) is 8.42 Å². The number of ether oxygens (including phenoxy) is 2. The van der Waals surface area contributed by atoms with Crippen molar-refractivity contribution < 1.29 is 17.9 Å².